The molecule has 6 heteroatoms. The van der Waals surface area contributed by atoms with Gasteiger partial charge in [-0.3, -0.25) is 9.59 Å². The van der Waals surface area contributed by atoms with E-state index in [1.807, 2.05) is 57.1 Å². The van der Waals surface area contributed by atoms with Crippen LogP contribution in [0.15, 0.2) is 48.5 Å². The molecule has 28 heavy (non-hydrogen) atoms. The van der Waals surface area contributed by atoms with Crippen molar-refractivity contribution in [2.45, 2.75) is 26.4 Å². The molecule has 6 nitrogen and oxygen atoms in total. The molecule has 0 aromatic heterocycles. The first-order valence-electron chi connectivity index (χ1n) is 9.30. The third-order valence-corrected chi connectivity index (χ3v) is 4.51. The average molecular weight is 383 g/mol. The Labute approximate surface area is 166 Å². The smallest absolute Gasteiger partial charge is 0.251 e. The summed E-state index contributed by atoms with van der Waals surface area (Å²) in [7, 11) is 5.54. The van der Waals surface area contributed by atoms with Gasteiger partial charge in [0.25, 0.3) is 5.91 Å². The summed E-state index contributed by atoms with van der Waals surface area (Å²) < 4.78 is 5.10. The summed E-state index contributed by atoms with van der Waals surface area (Å²) in [6, 6.07) is 14.2. The monoisotopic (exact) mass is 383 g/mol. The van der Waals surface area contributed by atoms with E-state index in [-0.39, 0.29) is 17.7 Å². The number of nitrogens with zero attached hydrogens (tertiary/aromatic N) is 1. The Morgan fingerprint density at radius 2 is 1.61 bits per heavy atom. The maximum atomic E-state index is 12.6. The lowest BCUT2D eigenvalue weighted by molar-refractivity contribution is -0.124. The number of carbonyl (C=O) groups is 2. The molecule has 0 aliphatic heterocycles. The fourth-order valence-electron chi connectivity index (χ4n) is 2.71. The van der Waals surface area contributed by atoms with E-state index in [0.29, 0.717) is 17.9 Å². The van der Waals surface area contributed by atoms with Crippen molar-refractivity contribution in [1.29, 1.82) is 0 Å². The summed E-state index contributed by atoms with van der Waals surface area (Å²) in [5.41, 5.74) is 2.59. The second kappa shape index (κ2) is 9.78. The summed E-state index contributed by atoms with van der Waals surface area (Å²) in [5, 5.41) is 5.75. The van der Waals surface area contributed by atoms with E-state index in [9.17, 15) is 9.59 Å². The third kappa shape index (κ3) is 5.74. The van der Waals surface area contributed by atoms with Gasteiger partial charge in [0.1, 0.15) is 11.8 Å². The van der Waals surface area contributed by atoms with Crippen LogP contribution >= 0.6 is 0 Å². The van der Waals surface area contributed by atoms with Crippen molar-refractivity contribution < 1.29 is 14.3 Å². The molecule has 0 heterocycles. The summed E-state index contributed by atoms with van der Waals surface area (Å²) in [6.07, 6.45) is 0. The van der Waals surface area contributed by atoms with Crippen LogP contribution in [-0.2, 0) is 11.3 Å². The fourth-order valence-corrected chi connectivity index (χ4v) is 2.71. The Balaban J connectivity index is 1.97. The molecule has 0 saturated carbocycles. The number of rotatable bonds is 8. The largest absolute Gasteiger partial charge is 0.497 e. The van der Waals surface area contributed by atoms with E-state index in [1.54, 1.807) is 31.4 Å². The normalized spacial score (nSPS) is 11.6. The summed E-state index contributed by atoms with van der Waals surface area (Å²) in [5.74, 6) is 0.147. The molecule has 0 spiro atoms. The number of amides is 2. The standard InChI is InChI=1S/C22H29N3O3/c1-15(2)20(24-21(26)17-8-12-19(28-5)13-9-17)22(27)23-14-16-6-10-18(11-7-16)25(3)4/h6-13,15,20H,14H2,1-5H3,(H,23,27)(H,24,26). The van der Waals surface area contributed by atoms with Gasteiger partial charge in [-0.05, 0) is 47.9 Å². The molecular formula is C22H29N3O3. The first-order valence-corrected chi connectivity index (χ1v) is 9.30. The van der Waals surface area contributed by atoms with Crippen LogP contribution in [0.25, 0.3) is 0 Å². The van der Waals surface area contributed by atoms with E-state index in [0.717, 1.165) is 11.3 Å². The predicted octanol–water partition coefficient (Wildman–Crippen LogP) is 2.83. The molecule has 2 aromatic carbocycles. The van der Waals surface area contributed by atoms with E-state index < -0.39 is 6.04 Å². The highest BCUT2D eigenvalue weighted by Crippen LogP contribution is 2.13. The van der Waals surface area contributed by atoms with E-state index in [1.165, 1.54) is 0 Å². The first kappa shape index (κ1) is 21.3. The molecule has 0 radical (unpaired) electrons. The van der Waals surface area contributed by atoms with Crippen LogP contribution in [0.4, 0.5) is 5.69 Å². The van der Waals surface area contributed by atoms with Gasteiger partial charge in [-0.25, -0.2) is 0 Å². The molecule has 2 amide bonds. The Bertz CT molecular complexity index is 784. The van der Waals surface area contributed by atoms with Gasteiger partial charge in [-0.2, -0.15) is 0 Å². The van der Waals surface area contributed by atoms with Crippen molar-refractivity contribution in [3.63, 3.8) is 0 Å². The molecule has 0 fully saturated rings. The van der Waals surface area contributed by atoms with Crippen molar-refractivity contribution in [3.05, 3.63) is 59.7 Å². The van der Waals surface area contributed by atoms with Crippen LogP contribution in [-0.4, -0.2) is 39.1 Å². The molecule has 1 unspecified atom stereocenters. The van der Waals surface area contributed by atoms with Crippen LogP contribution in [0.3, 0.4) is 0 Å². The molecule has 0 aliphatic carbocycles. The first-order chi connectivity index (χ1) is 13.3. The minimum atomic E-state index is -0.615. The lowest BCUT2D eigenvalue weighted by Crippen LogP contribution is -2.49. The topological polar surface area (TPSA) is 70.7 Å². The number of nitrogens with one attached hydrogen (secondary N) is 2. The quantitative estimate of drug-likeness (QED) is 0.735. The van der Waals surface area contributed by atoms with Gasteiger partial charge in [-0.15, -0.1) is 0 Å². The van der Waals surface area contributed by atoms with Gasteiger partial charge >= 0.3 is 0 Å². The Morgan fingerprint density at radius 3 is 2.11 bits per heavy atom. The van der Waals surface area contributed by atoms with Gasteiger partial charge in [0, 0.05) is 31.9 Å². The van der Waals surface area contributed by atoms with Crippen molar-refractivity contribution >= 4 is 17.5 Å². The highest BCUT2D eigenvalue weighted by atomic mass is 16.5. The van der Waals surface area contributed by atoms with Gasteiger partial charge in [0.2, 0.25) is 5.91 Å². The van der Waals surface area contributed by atoms with Crippen molar-refractivity contribution in [2.75, 3.05) is 26.1 Å². The van der Waals surface area contributed by atoms with Gasteiger partial charge in [0.15, 0.2) is 0 Å². The number of hydrogen-bond donors (Lipinski definition) is 2. The van der Waals surface area contributed by atoms with Gasteiger partial charge in [0.05, 0.1) is 7.11 Å². The molecular weight excluding hydrogens is 354 g/mol. The average Bonchev–Trinajstić information content (AvgIpc) is 2.70. The summed E-state index contributed by atoms with van der Waals surface area (Å²) in [6.45, 7) is 4.23. The minimum Gasteiger partial charge on any atom is -0.497 e. The van der Waals surface area contributed by atoms with E-state index in [4.69, 9.17) is 4.74 Å². The van der Waals surface area contributed by atoms with Crippen LogP contribution in [0, 0.1) is 5.92 Å². The molecule has 2 rings (SSSR count). The number of methoxy groups -OCH3 is 1. The zero-order valence-corrected chi connectivity index (χ0v) is 17.2. The van der Waals surface area contributed by atoms with Gasteiger partial charge in [-0.1, -0.05) is 26.0 Å². The van der Waals surface area contributed by atoms with Crippen molar-refractivity contribution in [1.82, 2.24) is 10.6 Å². The van der Waals surface area contributed by atoms with Crippen LogP contribution in [0.5, 0.6) is 5.75 Å². The third-order valence-electron chi connectivity index (χ3n) is 4.51. The van der Waals surface area contributed by atoms with Crippen molar-refractivity contribution in [2.24, 2.45) is 5.92 Å². The van der Waals surface area contributed by atoms with Gasteiger partial charge < -0.3 is 20.3 Å². The van der Waals surface area contributed by atoms with Crippen LogP contribution in [0.1, 0.15) is 29.8 Å². The summed E-state index contributed by atoms with van der Waals surface area (Å²) >= 11 is 0. The Morgan fingerprint density at radius 1 is 1.00 bits per heavy atom. The Hall–Kier alpha value is -3.02. The highest BCUT2D eigenvalue weighted by Gasteiger charge is 2.24. The SMILES string of the molecule is COc1ccc(C(=O)NC(C(=O)NCc2ccc(N(C)C)cc2)C(C)C)cc1. The lowest BCUT2D eigenvalue weighted by Gasteiger charge is -2.22. The van der Waals surface area contributed by atoms with Crippen molar-refractivity contribution in [3.8, 4) is 5.75 Å². The van der Waals surface area contributed by atoms with Crippen LogP contribution in [0.2, 0.25) is 0 Å². The molecule has 0 aliphatic rings. The second-order valence-corrected chi connectivity index (χ2v) is 7.20. The number of carbonyl (C=O) groups excluding carboxylic acids is 2. The molecule has 0 saturated heterocycles. The molecule has 2 aromatic rings. The maximum Gasteiger partial charge on any atom is 0.251 e. The minimum absolute atomic E-state index is 0.0432. The fraction of sp³-hybridized carbons (Fsp3) is 0.364. The number of benzene rings is 2. The number of ether oxygens (including phenoxy) is 1. The highest BCUT2D eigenvalue weighted by molar-refractivity contribution is 5.97. The number of hydrogen-bond acceptors (Lipinski definition) is 4. The number of anilines is 1. The lowest BCUT2D eigenvalue weighted by atomic mass is 10.0. The second-order valence-electron chi connectivity index (χ2n) is 7.20. The molecule has 0 bridgehead atoms. The maximum absolute atomic E-state index is 12.6. The van der Waals surface area contributed by atoms with E-state index in [2.05, 4.69) is 10.6 Å². The molecule has 2 N–H and O–H groups in total. The predicted molar refractivity (Wildman–Crippen MR) is 112 cm³/mol. The Kier molecular flexibility index (Phi) is 7.44. The summed E-state index contributed by atoms with van der Waals surface area (Å²) in [4.78, 5) is 27.2. The molecule has 150 valence electrons. The van der Waals surface area contributed by atoms with E-state index >= 15 is 0 Å². The zero-order chi connectivity index (χ0) is 20.7. The zero-order valence-electron chi connectivity index (χ0n) is 17.2. The molecule has 1 atom stereocenters. The van der Waals surface area contributed by atoms with Crippen LogP contribution < -0.4 is 20.3 Å².